The van der Waals surface area contributed by atoms with Crippen molar-refractivity contribution in [3.05, 3.63) is 73.5 Å². The van der Waals surface area contributed by atoms with Crippen molar-refractivity contribution in [1.82, 2.24) is 34.4 Å². The maximum absolute atomic E-state index is 13.1. The zero-order valence-corrected chi connectivity index (χ0v) is 22.6. The number of likely N-dealkylation sites (tertiary alicyclic amines) is 1. The molecule has 1 aliphatic rings. The summed E-state index contributed by atoms with van der Waals surface area (Å²) < 4.78 is 39.1. The Labute approximate surface area is 238 Å². The molecule has 0 bridgehead atoms. The van der Waals surface area contributed by atoms with Crippen molar-refractivity contribution in [2.75, 3.05) is 18.4 Å². The van der Waals surface area contributed by atoms with E-state index in [-0.39, 0.29) is 18.0 Å². The summed E-state index contributed by atoms with van der Waals surface area (Å²) in [4.78, 5) is 35.2. The van der Waals surface area contributed by atoms with Gasteiger partial charge >= 0.3 is 12.6 Å². The summed E-state index contributed by atoms with van der Waals surface area (Å²) >= 11 is 0. The summed E-state index contributed by atoms with van der Waals surface area (Å²) in [5, 5.41) is 3.28. The molecule has 1 fully saturated rings. The van der Waals surface area contributed by atoms with Crippen LogP contribution in [0.5, 0.6) is 17.5 Å². The highest BCUT2D eigenvalue weighted by Crippen LogP contribution is 2.32. The van der Waals surface area contributed by atoms with E-state index < -0.39 is 6.55 Å². The highest BCUT2D eigenvalue weighted by molar-refractivity contribution is 5.87. The molecule has 214 valence electrons. The van der Waals surface area contributed by atoms with Gasteiger partial charge in [-0.3, -0.25) is 9.36 Å². The number of aryl methyl sites for hydroxylation is 1. The van der Waals surface area contributed by atoms with E-state index in [0.717, 1.165) is 22.1 Å². The van der Waals surface area contributed by atoms with E-state index >= 15 is 0 Å². The van der Waals surface area contributed by atoms with Crippen molar-refractivity contribution < 1.29 is 23.0 Å². The molecular weight excluding hydrogens is 546 g/mol. The first kappa shape index (κ1) is 27.0. The zero-order chi connectivity index (χ0) is 29.2. The Morgan fingerprint density at radius 3 is 2.69 bits per heavy atom. The van der Waals surface area contributed by atoms with E-state index in [1.165, 1.54) is 12.4 Å². The van der Waals surface area contributed by atoms with Crippen molar-refractivity contribution in [3.63, 3.8) is 0 Å². The average Bonchev–Trinajstić information content (AvgIpc) is 3.43. The van der Waals surface area contributed by atoms with Gasteiger partial charge in [0.1, 0.15) is 41.3 Å². The molecule has 42 heavy (non-hydrogen) atoms. The number of carbonyl (C=O) groups excluding carboxylic acids is 1. The van der Waals surface area contributed by atoms with Gasteiger partial charge in [0.05, 0.1) is 17.2 Å². The number of nitrogens with one attached hydrogen (secondary N) is 1. The monoisotopic (exact) mass is 572 g/mol. The molecule has 1 N–H and O–H groups in total. The molecule has 4 heterocycles. The van der Waals surface area contributed by atoms with Crippen LogP contribution in [0.1, 0.15) is 25.0 Å². The molecule has 13 heteroatoms. The quantitative estimate of drug-likeness (QED) is 0.238. The van der Waals surface area contributed by atoms with Gasteiger partial charge in [-0.05, 0) is 48.9 Å². The van der Waals surface area contributed by atoms with Crippen LogP contribution in [0.4, 0.5) is 20.3 Å². The molecule has 0 saturated carbocycles. The number of nitrogens with zero attached hydrogens (tertiary/aromatic N) is 7. The minimum atomic E-state index is -2.67. The van der Waals surface area contributed by atoms with E-state index in [1.54, 1.807) is 35.4 Å². The molecule has 1 aliphatic heterocycles. The second-order valence-corrected chi connectivity index (χ2v) is 9.74. The first-order valence-electron chi connectivity index (χ1n) is 13.2. The van der Waals surface area contributed by atoms with E-state index in [1.807, 2.05) is 19.1 Å². The van der Waals surface area contributed by atoms with Crippen LogP contribution in [0.25, 0.3) is 22.1 Å². The van der Waals surface area contributed by atoms with Gasteiger partial charge in [0.15, 0.2) is 5.82 Å². The second-order valence-electron chi connectivity index (χ2n) is 9.74. The maximum Gasteiger partial charge on any atom is 0.320 e. The van der Waals surface area contributed by atoms with Crippen LogP contribution in [-0.4, -0.2) is 59.5 Å². The second kappa shape index (κ2) is 11.4. The lowest BCUT2D eigenvalue weighted by atomic mass is 10.1. The molecule has 1 saturated heterocycles. The Hall–Kier alpha value is -5.20. The first-order chi connectivity index (χ1) is 20.4. The fourth-order valence-electron chi connectivity index (χ4n) is 4.79. The number of carbonyl (C=O) groups is 1. The SMILES string of the molecule is C=CC(=O)N1CCC(Oc2ncc3ncnc(Nc4ccc(Oc5ccc6c(c5)ncn6C(F)F)c(C)c4)c3n2)CC1. The molecule has 0 aliphatic carbocycles. The highest BCUT2D eigenvalue weighted by Gasteiger charge is 2.23. The summed E-state index contributed by atoms with van der Waals surface area (Å²) in [6.07, 6.45) is 6.66. The number of imidazole rings is 1. The van der Waals surface area contributed by atoms with E-state index in [9.17, 15) is 13.6 Å². The number of rotatable bonds is 8. The lowest BCUT2D eigenvalue weighted by Gasteiger charge is -2.30. The molecular formula is C29H26F2N8O3. The number of alkyl halides is 2. The molecule has 0 radical (unpaired) electrons. The van der Waals surface area contributed by atoms with Gasteiger partial charge in [-0.1, -0.05) is 6.58 Å². The first-order valence-corrected chi connectivity index (χ1v) is 13.2. The number of hydrogen-bond donors (Lipinski definition) is 1. The van der Waals surface area contributed by atoms with Gasteiger partial charge in [0.25, 0.3) is 0 Å². The summed E-state index contributed by atoms with van der Waals surface area (Å²) in [5.41, 5.74) is 3.36. The number of amides is 1. The van der Waals surface area contributed by atoms with Gasteiger partial charge in [-0.15, -0.1) is 0 Å². The summed E-state index contributed by atoms with van der Waals surface area (Å²) in [6.45, 7) is 3.93. The van der Waals surface area contributed by atoms with Crippen LogP contribution in [0, 0.1) is 6.92 Å². The molecule has 2 aromatic carbocycles. The molecule has 6 rings (SSSR count). The van der Waals surface area contributed by atoms with Gasteiger partial charge < -0.3 is 19.7 Å². The van der Waals surface area contributed by atoms with Crippen molar-refractivity contribution in [2.24, 2.45) is 0 Å². The average molecular weight is 573 g/mol. The summed E-state index contributed by atoms with van der Waals surface area (Å²) in [7, 11) is 0. The minimum Gasteiger partial charge on any atom is -0.460 e. The molecule has 0 unspecified atom stereocenters. The van der Waals surface area contributed by atoms with E-state index in [2.05, 4.69) is 36.8 Å². The lowest BCUT2D eigenvalue weighted by Crippen LogP contribution is -2.41. The van der Waals surface area contributed by atoms with Crippen LogP contribution in [0.3, 0.4) is 0 Å². The standard InChI is InChI=1S/C29H26F2N8O3/c1-3-25(40)38-10-8-19(9-11-38)42-29-32-14-22-26(37-29)27(34-15-33-22)36-18-4-7-24(17(2)12-18)41-20-5-6-23-21(13-20)35-16-39(23)28(30)31/h3-7,12-16,19,28H,1,8-11H2,2H3,(H,33,34,36). The third kappa shape index (κ3) is 5.53. The Bertz CT molecular complexity index is 1790. The molecule has 0 spiro atoms. The van der Waals surface area contributed by atoms with Crippen LogP contribution < -0.4 is 14.8 Å². The minimum absolute atomic E-state index is 0.0836. The molecule has 3 aromatic heterocycles. The van der Waals surface area contributed by atoms with Gasteiger partial charge in [0, 0.05) is 37.7 Å². The molecule has 0 atom stereocenters. The zero-order valence-electron chi connectivity index (χ0n) is 22.6. The van der Waals surface area contributed by atoms with Crippen molar-refractivity contribution >= 4 is 39.5 Å². The van der Waals surface area contributed by atoms with Crippen molar-refractivity contribution in [1.29, 1.82) is 0 Å². The predicted molar refractivity (Wildman–Crippen MR) is 151 cm³/mol. The van der Waals surface area contributed by atoms with Crippen LogP contribution in [-0.2, 0) is 4.79 Å². The maximum atomic E-state index is 13.1. The third-order valence-electron chi connectivity index (χ3n) is 6.98. The fourth-order valence-corrected chi connectivity index (χ4v) is 4.79. The number of piperidine rings is 1. The summed E-state index contributed by atoms with van der Waals surface area (Å²) in [5.74, 6) is 1.47. The molecule has 1 amide bonds. The Kier molecular flexibility index (Phi) is 7.30. The van der Waals surface area contributed by atoms with E-state index in [4.69, 9.17) is 9.47 Å². The van der Waals surface area contributed by atoms with Crippen LogP contribution in [0.2, 0.25) is 0 Å². The molecule has 5 aromatic rings. The normalized spacial score (nSPS) is 14.0. The number of anilines is 2. The number of aromatic nitrogens is 6. The highest BCUT2D eigenvalue weighted by atomic mass is 19.3. The lowest BCUT2D eigenvalue weighted by molar-refractivity contribution is -0.127. The molecule has 11 nitrogen and oxygen atoms in total. The van der Waals surface area contributed by atoms with Crippen molar-refractivity contribution in [3.8, 4) is 17.5 Å². The van der Waals surface area contributed by atoms with Crippen LogP contribution >= 0.6 is 0 Å². The number of hydrogen-bond acceptors (Lipinski definition) is 9. The number of benzene rings is 2. The number of ether oxygens (including phenoxy) is 2. The fraction of sp³-hybridized carbons (Fsp3) is 0.241. The van der Waals surface area contributed by atoms with E-state index in [0.29, 0.717) is 65.3 Å². The largest absolute Gasteiger partial charge is 0.460 e. The number of fused-ring (bicyclic) bond motifs is 2. The number of halogens is 2. The summed E-state index contributed by atoms with van der Waals surface area (Å²) in [6, 6.07) is 10.5. The predicted octanol–water partition coefficient (Wildman–Crippen LogP) is 5.56. The Balaban J connectivity index is 1.16. The van der Waals surface area contributed by atoms with Crippen LogP contribution in [0.15, 0.2) is 67.9 Å². The Morgan fingerprint density at radius 1 is 1.10 bits per heavy atom. The van der Waals surface area contributed by atoms with Gasteiger partial charge in [-0.2, -0.15) is 13.8 Å². The van der Waals surface area contributed by atoms with Gasteiger partial charge in [0.2, 0.25) is 5.91 Å². The van der Waals surface area contributed by atoms with Crippen molar-refractivity contribution in [2.45, 2.75) is 32.4 Å². The topological polar surface area (TPSA) is 120 Å². The third-order valence-corrected chi connectivity index (χ3v) is 6.98. The smallest absolute Gasteiger partial charge is 0.320 e. The van der Waals surface area contributed by atoms with Gasteiger partial charge in [-0.25, -0.2) is 19.9 Å². The Morgan fingerprint density at radius 2 is 1.93 bits per heavy atom.